The summed E-state index contributed by atoms with van der Waals surface area (Å²) in [6.45, 7) is 2.51. The third-order valence-electron chi connectivity index (χ3n) is 2.93. The first-order valence-electron chi connectivity index (χ1n) is 5.94. The van der Waals surface area contributed by atoms with Gasteiger partial charge >= 0.3 is 0 Å². The Morgan fingerprint density at radius 2 is 2.29 bits per heavy atom. The zero-order chi connectivity index (χ0) is 12.3. The van der Waals surface area contributed by atoms with Gasteiger partial charge in [-0.05, 0) is 60.3 Å². The summed E-state index contributed by atoms with van der Waals surface area (Å²) < 4.78 is 6.32. The first-order valence-corrected chi connectivity index (χ1v) is 6.73. The molecule has 1 fully saturated rings. The Hall–Kier alpha value is -1.03. The Kier molecular flexibility index (Phi) is 4.05. The van der Waals surface area contributed by atoms with E-state index in [9.17, 15) is 4.79 Å². The van der Waals surface area contributed by atoms with Gasteiger partial charge in [-0.3, -0.25) is 4.79 Å². The van der Waals surface area contributed by atoms with Crippen molar-refractivity contribution in [2.45, 2.75) is 32.2 Å². The normalized spacial score (nSPS) is 15.2. The molecule has 1 aliphatic carbocycles. The summed E-state index contributed by atoms with van der Waals surface area (Å²) in [7, 11) is 0. The van der Waals surface area contributed by atoms with E-state index in [1.54, 1.807) is 12.1 Å². The summed E-state index contributed by atoms with van der Waals surface area (Å²) >= 11 is 3.40. The maximum absolute atomic E-state index is 11.9. The molecule has 0 heterocycles. The highest BCUT2D eigenvalue weighted by molar-refractivity contribution is 9.10. The summed E-state index contributed by atoms with van der Waals surface area (Å²) in [5.74, 6) is 0.705. The van der Waals surface area contributed by atoms with Crippen molar-refractivity contribution in [3.05, 3.63) is 28.2 Å². The van der Waals surface area contributed by atoms with Crippen LogP contribution < -0.4 is 10.1 Å². The van der Waals surface area contributed by atoms with E-state index < -0.39 is 0 Å². The lowest BCUT2D eigenvalue weighted by molar-refractivity contribution is 0.0916. The van der Waals surface area contributed by atoms with Gasteiger partial charge in [0.05, 0.1) is 11.1 Å². The van der Waals surface area contributed by atoms with Gasteiger partial charge in [-0.1, -0.05) is 0 Å². The summed E-state index contributed by atoms with van der Waals surface area (Å²) in [6, 6.07) is 5.80. The molecule has 0 atom stereocenters. The van der Waals surface area contributed by atoms with Gasteiger partial charge in [-0.2, -0.15) is 0 Å². The quantitative estimate of drug-likeness (QED) is 0.927. The average Bonchev–Trinajstić information content (AvgIpc) is 2.26. The predicted octanol–water partition coefficient (Wildman–Crippen LogP) is 3.13. The molecule has 0 radical (unpaired) electrons. The van der Waals surface area contributed by atoms with Crippen molar-refractivity contribution in [2.24, 2.45) is 0 Å². The fraction of sp³-hybridized carbons (Fsp3) is 0.462. The number of benzene rings is 1. The van der Waals surface area contributed by atoms with Crippen LogP contribution in [0.1, 0.15) is 36.5 Å². The second-order valence-electron chi connectivity index (χ2n) is 4.18. The fourth-order valence-electron chi connectivity index (χ4n) is 1.73. The highest BCUT2D eigenvalue weighted by atomic mass is 79.9. The van der Waals surface area contributed by atoms with Crippen molar-refractivity contribution in [2.75, 3.05) is 6.61 Å². The molecule has 0 bridgehead atoms. The number of hydrogen-bond acceptors (Lipinski definition) is 2. The van der Waals surface area contributed by atoms with Crippen LogP contribution in [-0.2, 0) is 0 Å². The molecule has 1 aromatic carbocycles. The third kappa shape index (κ3) is 3.00. The van der Waals surface area contributed by atoms with E-state index in [4.69, 9.17) is 4.74 Å². The van der Waals surface area contributed by atoms with Crippen LogP contribution in [-0.4, -0.2) is 18.6 Å². The van der Waals surface area contributed by atoms with Crippen molar-refractivity contribution in [3.63, 3.8) is 0 Å². The molecule has 2 rings (SSSR count). The molecule has 0 aliphatic heterocycles. The lowest BCUT2D eigenvalue weighted by atomic mass is 9.93. The largest absolute Gasteiger partial charge is 0.493 e. The van der Waals surface area contributed by atoms with Crippen molar-refractivity contribution >= 4 is 21.8 Å². The number of rotatable bonds is 4. The molecular formula is C13H16BrNO2. The standard InChI is InChI=1S/C13H16BrNO2/c1-2-17-12-8-9(6-7-11(12)14)13(16)15-10-4-3-5-10/h6-8,10H,2-5H2,1H3,(H,15,16). The molecule has 4 heteroatoms. The Balaban J connectivity index is 2.08. The number of amides is 1. The number of nitrogens with one attached hydrogen (secondary N) is 1. The first kappa shape index (κ1) is 12.4. The van der Waals surface area contributed by atoms with Crippen LogP contribution in [0.3, 0.4) is 0 Å². The fourth-order valence-corrected chi connectivity index (χ4v) is 2.09. The van der Waals surface area contributed by atoms with Crippen molar-refractivity contribution in [3.8, 4) is 5.75 Å². The molecule has 92 valence electrons. The third-order valence-corrected chi connectivity index (χ3v) is 3.59. The van der Waals surface area contributed by atoms with Gasteiger partial charge in [0.25, 0.3) is 5.91 Å². The Labute approximate surface area is 110 Å². The van der Waals surface area contributed by atoms with Gasteiger partial charge < -0.3 is 10.1 Å². The minimum absolute atomic E-state index is 0.0110. The lowest BCUT2D eigenvalue weighted by Gasteiger charge is -2.26. The first-order chi connectivity index (χ1) is 8.20. The van der Waals surface area contributed by atoms with Crippen LogP contribution in [0.5, 0.6) is 5.75 Å². The van der Waals surface area contributed by atoms with E-state index in [0.717, 1.165) is 17.3 Å². The van der Waals surface area contributed by atoms with Crippen LogP contribution in [0, 0.1) is 0 Å². The molecule has 1 aromatic rings. The average molecular weight is 298 g/mol. The van der Waals surface area contributed by atoms with E-state index in [1.165, 1.54) is 6.42 Å². The zero-order valence-electron chi connectivity index (χ0n) is 9.83. The number of hydrogen-bond donors (Lipinski definition) is 1. The van der Waals surface area contributed by atoms with E-state index in [0.29, 0.717) is 24.0 Å². The zero-order valence-corrected chi connectivity index (χ0v) is 11.4. The summed E-state index contributed by atoms with van der Waals surface area (Å²) in [4.78, 5) is 11.9. The minimum atomic E-state index is -0.0110. The lowest BCUT2D eigenvalue weighted by Crippen LogP contribution is -2.39. The van der Waals surface area contributed by atoms with Crippen molar-refractivity contribution in [1.82, 2.24) is 5.32 Å². The monoisotopic (exact) mass is 297 g/mol. The molecule has 0 aromatic heterocycles. The molecule has 0 saturated heterocycles. The van der Waals surface area contributed by atoms with Crippen LogP contribution >= 0.6 is 15.9 Å². The smallest absolute Gasteiger partial charge is 0.251 e. The minimum Gasteiger partial charge on any atom is -0.493 e. The second kappa shape index (κ2) is 5.54. The molecular weight excluding hydrogens is 282 g/mol. The van der Waals surface area contributed by atoms with E-state index >= 15 is 0 Å². The van der Waals surface area contributed by atoms with Crippen molar-refractivity contribution < 1.29 is 9.53 Å². The number of carbonyl (C=O) groups is 1. The molecule has 1 N–H and O–H groups in total. The molecule has 0 unspecified atom stereocenters. The SMILES string of the molecule is CCOc1cc(C(=O)NC2CCC2)ccc1Br. The Bertz CT molecular complexity index is 416. The van der Waals surface area contributed by atoms with Gasteiger partial charge in [-0.15, -0.1) is 0 Å². The Morgan fingerprint density at radius 1 is 1.53 bits per heavy atom. The molecule has 1 aliphatic rings. The van der Waals surface area contributed by atoms with Crippen LogP contribution in [0.15, 0.2) is 22.7 Å². The number of carbonyl (C=O) groups excluding carboxylic acids is 1. The highest BCUT2D eigenvalue weighted by Crippen LogP contribution is 2.26. The van der Waals surface area contributed by atoms with E-state index in [-0.39, 0.29) is 5.91 Å². The maximum atomic E-state index is 11.9. The van der Waals surface area contributed by atoms with Gasteiger partial charge in [0.15, 0.2) is 0 Å². The predicted molar refractivity (Wildman–Crippen MR) is 70.4 cm³/mol. The molecule has 0 spiro atoms. The van der Waals surface area contributed by atoms with Gasteiger partial charge in [0, 0.05) is 11.6 Å². The van der Waals surface area contributed by atoms with Gasteiger partial charge in [0.1, 0.15) is 5.75 Å². The van der Waals surface area contributed by atoms with Crippen LogP contribution in [0.4, 0.5) is 0 Å². The van der Waals surface area contributed by atoms with Crippen molar-refractivity contribution in [1.29, 1.82) is 0 Å². The summed E-state index contributed by atoms with van der Waals surface area (Å²) in [6.07, 6.45) is 3.41. The number of halogens is 1. The molecule has 3 nitrogen and oxygen atoms in total. The van der Waals surface area contributed by atoms with E-state index in [1.807, 2.05) is 13.0 Å². The van der Waals surface area contributed by atoms with Gasteiger partial charge in [-0.25, -0.2) is 0 Å². The Morgan fingerprint density at radius 3 is 2.88 bits per heavy atom. The van der Waals surface area contributed by atoms with Crippen LogP contribution in [0.2, 0.25) is 0 Å². The molecule has 17 heavy (non-hydrogen) atoms. The van der Waals surface area contributed by atoms with Gasteiger partial charge in [0.2, 0.25) is 0 Å². The van der Waals surface area contributed by atoms with Crippen LogP contribution in [0.25, 0.3) is 0 Å². The maximum Gasteiger partial charge on any atom is 0.251 e. The summed E-state index contributed by atoms with van der Waals surface area (Å²) in [5.41, 5.74) is 0.656. The molecule has 1 amide bonds. The topological polar surface area (TPSA) is 38.3 Å². The summed E-state index contributed by atoms with van der Waals surface area (Å²) in [5, 5.41) is 3.01. The second-order valence-corrected chi connectivity index (χ2v) is 5.03. The number of ether oxygens (including phenoxy) is 1. The molecule has 1 saturated carbocycles. The highest BCUT2D eigenvalue weighted by Gasteiger charge is 2.20. The van der Waals surface area contributed by atoms with E-state index in [2.05, 4.69) is 21.2 Å².